The molecule has 2 heterocycles. The molecule has 2 aliphatic heterocycles. The summed E-state index contributed by atoms with van der Waals surface area (Å²) in [4.78, 5) is 13.5. The Kier molecular flexibility index (Phi) is 2.54. The summed E-state index contributed by atoms with van der Waals surface area (Å²) in [5, 5.41) is 9.36. The Morgan fingerprint density at radius 2 is 2.06 bits per heavy atom. The lowest BCUT2D eigenvalue weighted by molar-refractivity contribution is -0.139. The summed E-state index contributed by atoms with van der Waals surface area (Å²) in [6, 6.07) is 8.35. The maximum absolute atomic E-state index is 11.4. The number of anilines is 1. The number of fused-ring (bicyclic) bond motifs is 3. The quantitative estimate of drug-likeness (QED) is 0.807. The summed E-state index contributed by atoms with van der Waals surface area (Å²) >= 11 is 0. The Morgan fingerprint density at radius 1 is 1.24 bits per heavy atom. The number of aryl methyl sites for hydroxylation is 1. The van der Waals surface area contributed by atoms with Gasteiger partial charge in [0.1, 0.15) is 6.04 Å². The van der Waals surface area contributed by atoms with Crippen LogP contribution in [0.25, 0.3) is 0 Å². The molecule has 2 aliphatic rings. The predicted molar refractivity (Wildman–Crippen MR) is 66.3 cm³/mol. The Balaban J connectivity index is 2.03. The number of rotatable bonds is 1. The molecule has 2 atom stereocenters. The van der Waals surface area contributed by atoms with Gasteiger partial charge in [-0.15, -0.1) is 0 Å². The first-order valence-corrected chi connectivity index (χ1v) is 6.36. The van der Waals surface area contributed by atoms with Crippen molar-refractivity contribution in [2.75, 3.05) is 4.90 Å². The molecule has 1 saturated heterocycles. The van der Waals surface area contributed by atoms with Crippen molar-refractivity contribution in [3.8, 4) is 0 Å². The molecule has 1 fully saturated rings. The number of carbonyl (C=O) groups is 1. The topological polar surface area (TPSA) is 40.5 Å². The number of piperidine rings is 1. The van der Waals surface area contributed by atoms with Gasteiger partial charge in [0.2, 0.25) is 0 Å². The molecule has 0 aromatic heterocycles. The summed E-state index contributed by atoms with van der Waals surface area (Å²) in [6.07, 6.45) is 5.14. The fraction of sp³-hybridized carbons (Fsp3) is 0.500. The summed E-state index contributed by atoms with van der Waals surface area (Å²) in [5.41, 5.74) is 2.45. The number of carboxylic acid groups (broad SMARTS) is 1. The molecular weight excluding hydrogens is 214 g/mol. The summed E-state index contributed by atoms with van der Waals surface area (Å²) in [7, 11) is 0. The van der Waals surface area contributed by atoms with Crippen molar-refractivity contribution in [1.82, 2.24) is 0 Å². The number of hydrogen-bond donors (Lipinski definition) is 1. The molecule has 0 bridgehead atoms. The molecule has 1 aromatic carbocycles. The van der Waals surface area contributed by atoms with Gasteiger partial charge in [0, 0.05) is 11.7 Å². The Labute approximate surface area is 101 Å². The zero-order chi connectivity index (χ0) is 11.8. The lowest BCUT2D eigenvalue weighted by Crippen LogP contribution is -2.52. The SMILES string of the molecule is O=C(O)C1CCCC2CCc3ccccc3N21. The van der Waals surface area contributed by atoms with Crippen molar-refractivity contribution in [2.24, 2.45) is 0 Å². The maximum atomic E-state index is 11.4. The largest absolute Gasteiger partial charge is 0.480 e. The molecule has 2 unspecified atom stereocenters. The number of carboxylic acids is 1. The lowest BCUT2D eigenvalue weighted by Gasteiger charge is -2.45. The minimum atomic E-state index is -0.675. The third kappa shape index (κ3) is 1.70. The van der Waals surface area contributed by atoms with Crippen molar-refractivity contribution in [2.45, 2.75) is 44.2 Å². The number of aliphatic carboxylic acids is 1. The van der Waals surface area contributed by atoms with Gasteiger partial charge in [-0.25, -0.2) is 4.79 Å². The van der Waals surface area contributed by atoms with Gasteiger partial charge in [0.05, 0.1) is 0 Å². The van der Waals surface area contributed by atoms with E-state index < -0.39 is 5.97 Å². The fourth-order valence-corrected chi connectivity index (χ4v) is 3.27. The third-order valence-corrected chi connectivity index (χ3v) is 4.05. The molecule has 17 heavy (non-hydrogen) atoms. The number of para-hydroxylation sites is 1. The molecule has 3 rings (SSSR count). The molecule has 0 aliphatic carbocycles. The van der Waals surface area contributed by atoms with Crippen LogP contribution in [-0.4, -0.2) is 23.2 Å². The van der Waals surface area contributed by atoms with E-state index in [0.717, 1.165) is 37.8 Å². The van der Waals surface area contributed by atoms with Crippen LogP contribution in [0, 0.1) is 0 Å². The van der Waals surface area contributed by atoms with Gasteiger partial charge in [0.15, 0.2) is 0 Å². The Bertz CT molecular complexity index is 444. The highest BCUT2D eigenvalue weighted by atomic mass is 16.4. The van der Waals surface area contributed by atoms with E-state index >= 15 is 0 Å². The van der Waals surface area contributed by atoms with E-state index in [9.17, 15) is 9.90 Å². The Morgan fingerprint density at radius 3 is 2.88 bits per heavy atom. The van der Waals surface area contributed by atoms with Crippen molar-refractivity contribution in [3.05, 3.63) is 29.8 Å². The second-order valence-electron chi connectivity index (χ2n) is 5.01. The monoisotopic (exact) mass is 231 g/mol. The van der Waals surface area contributed by atoms with E-state index in [2.05, 4.69) is 17.0 Å². The normalized spacial score (nSPS) is 27.2. The first-order chi connectivity index (χ1) is 8.27. The van der Waals surface area contributed by atoms with Crippen LogP contribution in [0.4, 0.5) is 5.69 Å². The maximum Gasteiger partial charge on any atom is 0.326 e. The summed E-state index contributed by atoms with van der Waals surface area (Å²) in [5.74, 6) is -0.675. The zero-order valence-corrected chi connectivity index (χ0v) is 9.80. The molecule has 3 heteroatoms. The predicted octanol–water partition coefficient (Wildman–Crippen LogP) is 2.44. The van der Waals surface area contributed by atoms with Gasteiger partial charge >= 0.3 is 5.97 Å². The van der Waals surface area contributed by atoms with E-state index in [-0.39, 0.29) is 6.04 Å². The first-order valence-electron chi connectivity index (χ1n) is 6.36. The molecule has 3 nitrogen and oxygen atoms in total. The van der Waals surface area contributed by atoms with Gasteiger partial charge in [-0.3, -0.25) is 0 Å². The van der Waals surface area contributed by atoms with Crippen molar-refractivity contribution in [3.63, 3.8) is 0 Å². The van der Waals surface area contributed by atoms with Crippen molar-refractivity contribution < 1.29 is 9.90 Å². The highest BCUT2D eigenvalue weighted by Crippen LogP contribution is 2.37. The highest BCUT2D eigenvalue weighted by Gasteiger charge is 2.37. The van der Waals surface area contributed by atoms with Crippen LogP contribution in [0.1, 0.15) is 31.2 Å². The standard InChI is InChI=1S/C14H17NO2/c16-14(17)13-7-3-5-11-9-8-10-4-1-2-6-12(10)15(11)13/h1-2,4,6,11,13H,3,5,7-9H2,(H,16,17). The fourth-order valence-electron chi connectivity index (χ4n) is 3.27. The summed E-state index contributed by atoms with van der Waals surface area (Å²) < 4.78 is 0. The van der Waals surface area contributed by atoms with E-state index in [1.54, 1.807) is 0 Å². The summed E-state index contributed by atoms with van der Waals surface area (Å²) in [6.45, 7) is 0. The number of nitrogens with zero attached hydrogens (tertiary/aromatic N) is 1. The van der Waals surface area contributed by atoms with E-state index in [4.69, 9.17) is 0 Å². The van der Waals surface area contributed by atoms with Crippen LogP contribution in [0.2, 0.25) is 0 Å². The van der Waals surface area contributed by atoms with Crippen molar-refractivity contribution >= 4 is 11.7 Å². The lowest BCUT2D eigenvalue weighted by atomic mass is 9.86. The number of benzene rings is 1. The van der Waals surface area contributed by atoms with E-state index in [1.807, 2.05) is 12.1 Å². The van der Waals surface area contributed by atoms with E-state index in [1.165, 1.54) is 5.56 Å². The first kappa shape index (κ1) is 10.6. The zero-order valence-electron chi connectivity index (χ0n) is 9.80. The second kappa shape index (κ2) is 4.06. The highest BCUT2D eigenvalue weighted by molar-refractivity contribution is 5.79. The molecule has 0 saturated carbocycles. The average molecular weight is 231 g/mol. The molecule has 1 N–H and O–H groups in total. The molecule has 90 valence electrons. The van der Waals surface area contributed by atoms with Crippen LogP contribution in [0.5, 0.6) is 0 Å². The van der Waals surface area contributed by atoms with Crippen LogP contribution in [-0.2, 0) is 11.2 Å². The Hall–Kier alpha value is -1.51. The molecular formula is C14H17NO2. The van der Waals surface area contributed by atoms with Crippen LogP contribution in [0.15, 0.2) is 24.3 Å². The van der Waals surface area contributed by atoms with Gasteiger partial charge in [-0.05, 0) is 43.7 Å². The average Bonchev–Trinajstić information content (AvgIpc) is 2.37. The molecule has 0 radical (unpaired) electrons. The number of hydrogen-bond acceptors (Lipinski definition) is 2. The van der Waals surface area contributed by atoms with Gasteiger partial charge < -0.3 is 10.0 Å². The minimum Gasteiger partial charge on any atom is -0.480 e. The van der Waals surface area contributed by atoms with Gasteiger partial charge in [-0.1, -0.05) is 18.2 Å². The molecule has 0 amide bonds. The van der Waals surface area contributed by atoms with E-state index in [0.29, 0.717) is 6.04 Å². The second-order valence-corrected chi connectivity index (χ2v) is 5.01. The van der Waals surface area contributed by atoms with Crippen LogP contribution >= 0.6 is 0 Å². The van der Waals surface area contributed by atoms with Gasteiger partial charge in [-0.2, -0.15) is 0 Å². The minimum absolute atomic E-state index is 0.324. The van der Waals surface area contributed by atoms with Crippen LogP contribution in [0.3, 0.4) is 0 Å². The smallest absolute Gasteiger partial charge is 0.326 e. The molecule has 1 aromatic rings. The molecule has 0 spiro atoms. The van der Waals surface area contributed by atoms with Crippen LogP contribution < -0.4 is 4.90 Å². The van der Waals surface area contributed by atoms with Gasteiger partial charge in [0.25, 0.3) is 0 Å². The third-order valence-electron chi connectivity index (χ3n) is 4.05. The van der Waals surface area contributed by atoms with Crippen molar-refractivity contribution in [1.29, 1.82) is 0 Å².